The van der Waals surface area contributed by atoms with Crippen LogP contribution in [0.25, 0.3) is 0 Å². The Kier molecular flexibility index (Phi) is 3.37. The van der Waals surface area contributed by atoms with Crippen molar-refractivity contribution < 1.29 is 0 Å². The second-order valence-electron chi connectivity index (χ2n) is 4.50. The third-order valence-corrected chi connectivity index (χ3v) is 4.82. The van der Waals surface area contributed by atoms with Crippen molar-refractivity contribution in [1.82, 2.24) is 0 Å². The van der Waals surface area contributed by atoms with Crippen molar-refractivity contribution in [1.29, 1.82) is 0 Å². The van der Waals surface area contributed by atoms with Gasteiger partial charge in [-0.05, 0) is 37.5 Å². The molecule has 82 valence electrons. The molecule has 1 fully saturated rings. The van der Waals surface area contributed by atoms with E-state index in [1.807, 2.05) is 0 Å². The molecule has 0 spiro atoms. The molecule has 0 radical (unpaired) electrons. The van der Waals surface area contributed by atoms with Crippen LogP contribution >= 0.6 is 11.8 Å². The van der Waals surface area contributed by atoms with Crippen molar-refractivity contribution in [3.63, 3.8) is 0 Å². The smallest absolute Gasteiger partial charge is 0.0322 e. The average molecular weight is 221 g/mol. The van der Waals surface area contributed by atoms with E-state index in [0.29, 0.717) is 4.75 Å². The van der Waals surface area contributed by atoms with Gasteiger partial charge in [0.25, 0.3) is 0 Å². The standard InChI is InChI=1S/C13H19NS/c1-11-3-5-12(6-4-11)9-13(10-14)7-2-8-15-13/h3-6H,2,7-10,14H2,1H3. The van der Waals surface area contributed by atoms with Gasteiger partial charge in [0.1, 0.15) is 0 Å². The zero-order valence-electron chi connectivity index (χ0n) is 9.33. The molecule has 1 nitrogen and oxygen atoms in total. The summed E-state index contributed by atoms with van der Waals surface area (Å²) in [6.45, 7) is 2.94. The lowest BCUT2D eigenvalue weighted by Gasteiger charge is -2.26. The van der Waals surface area contributed by atoms with Gasteiger partial charge in [0, 0.05) is 11.3 Å². The molecule has 0 amide bonds. The highest BCUT2D eigenvalue weighted by Gasteiger charge is 2.33. The second kappa shape index (κ2) is 4.58. The maximum atomic E-state index is 5.93. The summed E-state index contributed by atoms with van der Waals surface area (Å²) in [5, 5.41) is 0. The lowest BCUT2D eigenvalue weighted by molar-refractivity contribution is 0.565. The Hall–Kier alpha value is -0.470. The first-order valence-electron chi connectivity index (χ1n) is 5.64. The van der Waals surface area contributed by atoms with Crippen LogP contribution < -0.4 is 5.73 Å². The molecule has 1 saturated heterocycles. The number of nitrogens with two attached hydrogens (primary N) is 1. The predicted molar refractivity (Wildman–Crippen MR) is 68.4 cm³/mol. The molecule has 1 atom stereocenters. The maximum absolute atomic E-state index is 5.93. The van der Waals surface area contributed by atoms with Crippen LogP contribution in [-0.4, -0.2) is 17.0 Å². The first kappa shape index (κ1) is 11.0. The van der Waals surface area contributed by atoms with Crippen molar-refractivity contribution in [3.05, 3.63) is 35.4 Å². The molecule has 1 heterocycles. The molecule has 0 bridgehead atoms. The molecule has 2 rings (SSSR count). The monoisotopic (exact) mass is 221 g/mol. The molecule has 15 heavy (non-hydrogen) atoms. The summed E-state index contributed by atoms with van der Waals surface area (Å²) in [6.07, 6.45) is 3.74. The predicted octanol–water partition coefficient (Wildman–Crippen LogP) is 2.76. The van der Waals surface area contributed by atoms with Crippen molar-refractivity contribution in [2.45, 2.75) is 30.9 Å². The number of rotatable bonds is 3. The van der Waals surface area contributed by atoms with Gasteiger partial charge >= 0.3 is 0 Å². The summed E-state index contributed by atoms with van der Waals surface area (Å²) < 4.78 is 0.329. The van der Waals surface area contributed by atoms with E-state index >= 15 is 0 Å². The largest absolute Gasteiger partial charge is 0.329 e. The Balaban J connectivity index is 2.09. The van der Waals surface area contributed by atoms with Crippen LogP contribution in [0.1, 0.15) is 24.0 Å². The van der Waals surface area contributed by atoms with E-state index in [2.05, 4.69) is 43.0 Å². The van der Waals surface area contributed by atoms with Crippen LogP contribution in [0, 0.1) is 6.92 Å². The SMILES string of the molecule is Cc1ccc(CC2(CN)CCCS2)cc1. The minimum Gasteiger partial charge on any atom is -0.329 e. The van der Waals surface area contributed by atoms with Crippen LogP contribution in [-0.2, 0) is 6.42 Å². The normalized spacial score (nSPS) is 25.7. The van der Waals surface area contributed by atoms with Gasteiger partial charge in [-0.25, -0.2) is 0 Å². The summed E-state index contributed by atoms with van der Waals surface area (Å²) in [7, 11) is 0. The maximum Gasteiger partial charge on any atom is 0.0322 e. The third kappa shape index (κ3) is 2.56. The van der Waals surface area contributed by atoms with Crippen molar-refractivity contribution in [2.24, 2.45) is 5.73 Å². The van der Waals surface area contributed by atoms with Gasteiger partial charge < -0.3 is 5.73 Å². The summed E-state index contributed by atoms with van der Waals surface area (Å²) in [4.78, 5) is 0. The molecule has 0 aromatic heterocycles. The minimum absolute atomic E-state index is 0.329. The van der Waals surface area contributed by atoms with Crippen molar-refractivity contribution in [2.75, 3.05) is 12.3 Å². The molecule has 0 aliphatic carbocycles. The third-order valence-electron chi connectivity index (χ3n) is 3.20. The van der Waals surface area contributed by atoms with Crippen LogP contribution in [0.2, 0.25) is 0 Å². The summed E-state index contributed by atoms with van der Waals surface area (Å²) >= 11 is 2.06. The number of thioether (sulfide) groups is 1. The van der Waals surface area contributed by atoms with E-state index in [9.17, 15) is 0 Å². The Labute approximate surface area is 96.4 Å². The van der Waals surface area contributed by atoms with Gasteiger partial charge in [-0.1, -0.05) is 29.8 Å². The highest BCUT2D eigenvalue weighted by atomic mass is 32.2. The Morgan fingerprint density at radius 1 is 1.33 bits per heavy atom. The zero-order valence-corrected chi connectivity index (χ0v) is 10.1. The molecule has 1 unspecified atom stereocenters. The van der Waals surface area contributed by atoms with Crippen LogP contribution in [0.15, 0.2) is 24.3 Å². The topological polar surface area (TPSA) is 26.0 Å². The van der Waals surface area contributed by atoms with Crippen molar-refractivity contribution >= 4 is 11.8 Å². The molecule has 1 aliphatic heterocycles. The fourth-order valence-electron chi connectivity index (χ4n) is 2.21. The van der Waals surface area contributed by atoms with E-state index < -0.39 is 0 Å². The first-order chi connectivity index (χ1) is 7.24. The Morgan fingerprint density at radius 3 is 2.60 bits per heavy atom. The van der Waals surface area contributed by atoms with E-state index in [0.717, 1.165) is 13.0 Å². The Bertz CT molecular complexity index is 312. The van der Waals surface area contributed by atoms with Crippen LogP contribution in [0.5, 0.6) is 0 Å². The van der Waals surface area contributed by atoms with E-state index in [1.165, 1.54) is 29.7 Å². The summed E-state index contributed by atoms with van der Waals surface area (Å²) in [6, 6.07) is 8.87. The summed E-state index contributed by atoms with van der Waals surface area (Å²) in [5.41, 5.74) is 8.69. The van der Waals surface area contributed by atoms with Crippen molar-refractivity contribution in [3.8, 4) is 0 Å². The van der Waals surface area contributed by atoms with Crippen LogP contribution in [0.3, 0.4) is 0 Å². The van der Waals surface area contributed by atoms with E-state index in [1.54, 1.807) is 0 Å². The first-order valence-corrected chi connectivity index (χ1v) is 6.62. The van der Waals surface area contributed by atoms with Gasteiger partial charge in [0.15, 0.2) is 0 Å². The fraction of sp³-hybridized carbons (Fsp3) is 0.538. The van der Waals surface area contributed by atoms with Gasteiger partial charge in [-0.3, -0.25) is 0 Å². The average Bonchev–Trinajstić information content (AvgIpc) is 2.71. The van der Waals surface area contributed by atoms with Gasteiger partial charge in [-0.2, -0.15) is 11.8 Å². The summed E-state index contributed by atoms with van der Waals surface area (Å²) in [5.74, 6) is 1.28. The molecular formula is C13H19NS. The highest BCUT2D eigenvalue weighted by molar-refractivity contribution is 8.00. The highest BCUT2D eigenvalue weighted by Crippen LogP contribution is 2.39. The molecule has 1 aromatic rings. The minimum atomic E-state index is 0.329. The quantitative estimate of drug-likeness (QED) is 0.849. The second-order valence-corrected chi connectivity index (χ2v) is 6.06. The van der Waals surface area contributed by atoms with E-state index in [-0.39, 0.29) is 0 Å². The van der Waals surface area contributed by atoms with Gasteiger partial charge in [-0.15, -0.1) is 0 Å². The van der Waals surface area contributed by atoms with Crippen LogP contribution in [0.4, 0.5) is 0 Å². The fourth-order valence-corrected chi connectivity index (χ4v) is 3.60. The molecular weight excluding hydrogens is 202 g/mol. The lowest BCUT2D eigenvalue weighted by Crippen LogP contribution is -2.34. The molecule has 2 heteroatoms. The molecule has 0 saturated carbocycles. The van der Waals surface area contributed by atoms with Gasteiger partial charge in [0.05, 0.1) is 0 Å². The number of hydrogen-bond donors (Lipinski definition) is 1. The van der Waals surface area contributed by atoms with Gasteiger partial charge in [0.2, 0.25) is 0 Å². The number of hydrogen-bond acceptors (Lipinski definition) is 2. The van der Waals surface area contributed by atoms with E-state index in [4.69, 9.17) is 5.73 Å². The zero-order chi connectivity index (χ0) is 10.7. The molecule has 2 N–H and O–H groups in total. The Morgan fingerprint density at radius 2 is 2.07 bits per heavy atom. The number of benzene rings is 1. The lowest BCUT2D eigenvalue weighted by atomic mass is 9.94. The number of aryl methyl sites for hydroxylation is 1. The molecule has 1 aliphatic rings. The molecule has 1 aromatic carbocycles.